The molecule has 18 nitrogen and oxygen atoms in total. The van der Waals surface area contributed by atoms with E-state index in [-0.39, 0.29) is 137 Å². The van der Waals surface area contributed by atoms with Crippen LogP contribution in [0.5, 0.6) is 0 Å². The second kappa shape index (κ2) is 67.7. The molecular weight excluding hydrogens is 2520 g/mol. The second-order valence-corrected chi connectivity index (χ2v) is 61.7. The first-order chi connectivity index (χ1) is 50.1. The summed E-state index contributed by atoms with van der Waals surface area (Å²) in [5, 5.41) is 25.6. The second-order valence-electron chi connectivity index (χ2n) is 22.9. The van der Waals surface area contributed by atoms with Crippen molar-refractivity contribution < 1.29 is 144 Å². The third-order valence-corrected chi connectivity index (χ3v) is 55.8. The van der Waals surface area contributed by atoms with Crippen molar-refractivity contribution in [3.63, 3.8) is 0 Å². The summed E-state index contributed by atoms with van der Waals surface area (Å²) < 4.78 is 86.4. The molecule has 105 heavy (non-hydrogen) atoms. The Morgan fingerprint density at radius 3 is 1.27 bits per heavy atom. The number of hydrogen-bond donors (Lipinski definition) is 6. The van der Waals surface area contributed by atoms with Crippen molar-refractivity contribution in [1.29, 1.82) is 2.86 Å². The fourth-order valence-electron chi connectivity index (χ4n) is 8.20. The molecular formula is C57H95ClF2N6O12P2S22U3. The number of aromatic amines is 2. The first-order valence-electron chi connectivity index (χ1n) is 32.1. The topological polar surface area (TPSA) is 234 Å². The zero-order chi connectivity index (χ0) is 80.5. The third-order valence-electron chi connectivity index (χ3n) is 11.8. The molecule has 2 saturated heterocycles. The normalized spacial score (nSPS) is 18.7. The Kier molecular flexibility index (Phi) is 69.6. The number of aliphatic hydroxyl groups excluding tert-OH is 4. The van der Waals surface area contributed by atoms with E-state index in [0.717, 1.165) is 55.7 Å². The van der Waals surface area contributed by atoms with Crippen LogP contribution in [0.1, 0.15) is 148 Å². The summed E-state index contributed by atoms with van der Waals surface area (Å²) in [6, 6.07) is 19.5. The van der Waals surface area contributed by atoms with E-state index in [1.165, 1.54) is 43.7 Å². The SMILES string of the molecule is CC(C)(C)SSCc1ccccc1CO.CC(C)N(C(C)C)P(C)Cl.S=S=S=S=S=S=S=S=S=S=S=S=S=S=S=S=S=S.[2H]C[C@H]1O[C@@H](n2ccc(=O)[nH]c2=O)[C@@H](F)C1O.[2H]C[C@H]1O[C@@H](n2ccc(=O)[nH]c2=O)[C@@H](F)C1OP(OCc1ccccc1CSSC(C)(C)C)N(C(C)C)C(C)C.[3H]OC.[3H]OC.[U].[U].[U]. The van der Waals surface area contributed by atoms with Gasteiger partial charge in [-0.2, -0.15) is 0 Å². The standard InChI is InChI=1S/C27H41FN3O5PS2.C12H18OS2.C9H11FN2O4.C7H17ClNP.2CH4O.S18.3U/c1-17(2)31(18(3)4)37(34-15-20-11-9-10-12-21(20)16-38-39-27(6,7)8)36-24-19(5)35-25(23(24)28)30-14-13-22(32)29-26(30)33;1-12(2,3)15-14-9-11-7-5-4-6-10(11)8-13;1-4-7(14)6(10)8(16-4)12-3-2-5(13)11-9(12)15;1-6(2)9(7(3)4)10(5)8;2*1-2;1-3-5-7-9-11-13-15-17-18-16-14-12-10-8-6-4-2;;;/h9-14,17-19,23-25H,15-16H2,1-8H3,(H,29,32,33);4-7,13H,8-9H2,1-3H3;2-4,6-8,14H,1H3,(H,11,13,15);6-7H,1-5H3;2*2H,1H3;;;;/t19-,23+,24?,25-,37?;;4-,6+,7?,8-;;;;;;;/m1.1......./s1/i5D;;1D;;2*2T;;;;. The quantitative estimate of drug-likeness (QED) is 0.0356. The summed E-state index contributed by atoms with van der Waals surface area (Å²) in [6.07, 6.45) is -8.41. The van der Waals surface area contributed by atoms with Crippen molar-refractivity contribution >= 4 is 235 Å². The van der Waals surface area contributed by atoms with Crippen LogP contribution in [0.15, 0.2) is 92.2 Å². The van der Waals surface area contributed by atoms with Crippen LogP contribution in [0.3, 0.4) is 0 Å². The molecule has 0 amide bonds. The van der Waals surface area contributed by atoms with Gasteiger partial charge in [-0.15, -0.1) is 0 Å². The van der Waals surface area contributed by atoms with Gasteiger partial charge in [-0.3, -0.25) is 33.4 Å². The number of aromatic nitrogens is 4. The summed E-state index contributed by atoms with van der Waals surface area (Å²) in [5.74, 6) is 1.77. The van der Waals surface area contributed by atoms with Gasteiger partial charge in [0.1, 0.15) is 12.2 Å². The van der Waals surface area contributed by atoms with E-state index in [0.29, 0.717) is 16.8 Å². The zero-order valence-electron chi connectivity index (χ0n) is 64.4. The van der Waals surface area contributed by atoms with E-state index in [1.54, 1.807) is 135 Å². The number of nitrogens with zero attached hydrogens (tertiary/aromatic N) is 4. The molecule has 4 heterocycles. The van der Waals surface area contributed by atoms with Crippen molar-refractivity contribution in [3.05, 3.63) is 137 Å². The maximum atomic E-state index is 15.9. The number of rotatable bonds is 20. The molecule has 6 N–H and O–H groups in total. The summed E-state index contributed by atoms with van der Waals surface area (Å²) in [5.41, 5.74) is 1.68. The van der Waals surface area contributed by atoms with Crippen LogP contribution in [0.25, 0.3) is 0 Å². The molecule has 6 rings (SSSR count). The van der Waals surface area contributed by atoms with Gasteiger partial charge in [-0.05, 0) is 98.1 Å². The molecule has 48 heteroatoms. The molecule has 0 bridgehead atoms. The van der Waals surface area contributed by atoms with Crippen molar-refractivity contribution in [3.8, 4) is 0 Å². The average Bonchev–Trinajstić information content (AvgIpc) is 1.64. The molecule has 2 aliphatic heterocycles. The molecule has 10 atom stereocenters. The van der Waals surface area contributed by atoms with Gasteiger partial charge in [0.25, 0.3) is 19.6 Å². The fraction of sp³-hybridized carbons (Fsp3) is 0.649. The average molecular weight is 2620 g/mol. The summed E-state index contributed by atoms with van der Waals surface area (Å²) in [4.78, 5) is 50.2. The number of aliphatic hydroxyl groups is 4. The largest absolute Gasteiger partial charge is 0.400 e. The van der Waals surface area contributed by atoms with Crippen molar-refractivity contribution in [2.45, 2.75) is 218 Å². The van der Waals surface area contributed by atoms with Crippen LogP contribution in [0.2, 0.25) is 0 Å². The minimum Gasteiger partial charge on any atom is -0.400 e. The third kappa shape index (κ3) is 50.6. The zero-order valence-corrected chi connectivity index (χ0v) is 93.4. The van der Waals surface area contributed by atoms with Gasteiger partial charge in [0.2, 0.25) is 2.86 Å². The van der Waals surface area contributed by atoms with Gasteiger partial charge in [0.15, 0.2) is 24.8 Å². The van der Waals surface area contributed by atoms with Gasteiger partial charge >= 0.3 is 11.4 Å². The molecule has 600 valence electrons. The number of ether oxygens (including phenoxy) is 2. The Bertz CT molecular complexity index is 4150. The first-order valence-corrected chi connectivity index (χ1v) is 61.0. The minimum atomic E-state index is -1.81. The molecule has 2 fully saturated rings. The molecule has 4 unspecified atom stereocenters. The molecule has 0 saturated carbocycles. The van der Waals surface area contributed by atoms with Gasteiger partial charge in [0, 0.05) is 344 Å². The number of halogens is 3. The maximum absolute atomic E-state index is 15.9. The Hall–Kier alpha value is 4.93. The predicted octanol–water partition coefficient (Wildman–Crippen LogP) is 11.9. The first kappa shape index (κ1) is 108. The Labute approximate surface area is 774 Å². The van der Waals surface area contributed by atoms with E-state index >= 15 is 4.39 Å². The van der Waals surface area contributed by atoms with Gasteiger partial charge in [-0.1, -0.05) is 144 Å². The van der Waals surface area contributed by atoms with Crippen LogP contribution in [0, 0.1) is 93.3 Å². The van der Waals surface area contributed by atoms with Gasteiger partial charge in [-0.25, -0.2) is 23.0 Å². The predicted molar refractivity (Wildman–Crippen MR) is 482 cm³/mol. The number of alkyl halides is 2. The summed E-state index contributed by atoms with van der Waals surface area (Å²) in [6.45, 7) is 31.9. The molecule has 2 aromatic carbocycles. The minimum absolute atomic E-state index is 0. The molecule has 0 spiro atoms. The Morgan fingerprint density at radius 2 is 0.952 bits per heavy atom. The van der Waals surface area contributed by atoms with E-state index in [4.69, 9.17) is 62.8 Å². The van der Waals surface area contributed by atoms with Crippen molar-refractivity contribution in [1.82, 2.24) is 28.4 Å². The molecule has 4 aromatic rings. The number of benzene rings is 2. The van der Waals surface area contributed by atoms with Crippen LogP contribution < -0.4 is 22.5 Å². The molecule has 2 aliphatic rings. The van der Waals surface area contributed by atoms with E-state index < -0.39 is 87.7 Å². The van der Waals surface area contributed by atoms with Crippen LogP contribution >= 0.6 is 70.4 Å². The van der Waals surface area contributed by atoms with Crippen molar-refractivity contribution in [2.75, 3.05) is 20.9 Å². The van der Waals surface area contributed by atoms with Crippen molar-refractivity contribution in [2.24, 2.45) is 0 Å². The van der Waals surface area contributed by atoms with Gasteiger partial charge < -0.3 is 39.0 Å². The maximum Gasteiger partial charge on any atom is 0.330 e. The van der Waals surface area contributed by atoms with E-state index in [9.17, 15) is 28.7 Å². The Balaban J connectivity index is -0.000000672. The van der Waals surface area contributed by atoms with Gasteiger partial charge in [0.05, 0.1) is 32.8 Å². The summed E-state index contributed by atoms with van der Waals surface area (Å²) >= 11 is 15.5. The molecule has 0 radical (unpaired) electrons. The monoisotopic (exact) mass is 2610 g/mol. The number of hydrogen-bond acceptors (Lipinski definition) is 20. The molecule has 2 aromatic heterocycles. The number of H-pyrrole nitrogens is 2. The molecule has 0 aliphatic carbocycles. The van der Waals surface area contributed by atoms with E-state index in [2.05, 4.69) is 113 Å². The summed E-state index contributed by atoms with van der Waals surface area (Å²) in [7, 11) is 34.9. The van der Waals surface area contributed by atoms with Crippen LogP contribution in [-0.2, 0) is 208 Å². The van der Waals surface area contributed by atoms with E-state index in [1.807, 2.05) is 101 Å². The van der Waals surface area contributed by atoms with Crippen LogP contribution in [0.4, 0.5) is 8.78 Å². The van der Waals surface area contributed by atoms with Crippen LogP contribution in [-0.4, -0.2) is 143 Å². The fourth-order valence-corrected chi connectivity index (χ4v) is 55.6. The smallest absolute Gasteiger partial charge is 0.330 e. The Morgan fingerprint density at radius 1 is 0.610 bits per heavy atom. The number of nitrogens with one attached hydrogen (secondary N) is 2.